The van der Waals surface area contributed by atoms with E-state index in [0.717, 1.165) is 7.11 Å². The summed E-state index contributed by atoms with van der Waals surface area (Å²) in [4.78, 5) is 23.3. The molecule has 0 saturated heterocycles. The van der Waals surface area contributed by atoms with Gasteiger partial charge < -0.3 is 9.30 Å². The number of methoxy groups -OCH3 is 1. The Morgan fingerprint density at radius 1 is 1.32 bits per heavy atom. The molecule has 0 saturated carbocycles. The molecule has 0 N–H and O–H groups in total. The fourth-order valence-corrected chi connectivity index (χ4v) is 2.04. The number of esters is 1. The van der Waals surface area contributed by atoms with Gasteiger partial charge in [-0.05, 0) is 32.0 Å². The second-order valence-electron chi connectivity index (χ2n) is 4.53. The summed E-state index contributed by atoms with van der Waals surface area (Å²) in [6, 6.07) is 4.27. The Hall–Kier alpha value is -2.17. The molecule has 0 radical (unpaired) electrons. The Morgan fingerprint density at radius 3 is 2.58 bits per heavy atom. The molecular weight excluding hydrogens is 249 g/mol. The van der Waals surface area contributed by atoms with E-state index >= 15 is 0 Å². The molecule has 1 heterocycles. The number of hydrogen-bond acceptors (Lipinski definition) is 3. The van der Waals surface area contributed by atoms with Crippen molar-refractivity contribution in [1.29, 1.82) is 0 Å². The van der Waals surface area contributed by atoms with Crippen LogP contribution in [0.5, 0.6) is 0 Å². The maximum absolute atomic E-state index is 13.3. The van der Waals surface area contributed by atoms with Gasteiger partial charge >= 0.3 is 5.97 Å². The molecule has 0 aliphatic carbocycles. The van der Waals surface area contributed by atoms with Crippen molar-refractivity contribution < 1.29 is 18.7 Å². The topological polar surface area (TPSA) is 48.3 Å². The number of benzene rings is 1. The van der Waals surface area contributed by atoms with Gasteiger partial charge in [0.2, 0.25) is 0 Å². The van der Waals surface area contributed by atoms with Crippen molar-refractivity contribution in [2.24, 2.45) is 0 Å². The lowest BCUT2D eigenvalue weighted by atomic mass is 10.1. The minimum atomic E-state index is -0.952. The minimum Gasteiger partial charge on any atom is -0.463 e. The van der Waals surface area contributed by atoms with Gasteiger partial charge in [0, 0.05) is 23.1 Å². The first-order chi connectivity index (χ1) is 8.95. The number of nitrogens with zero attached hydrogens (tertiary/aromatic N) is 1. The van der Waals surface area contributed by atoms with Gasteiger partial charge in [0.15, 0.2) is 0 Å². The second-order valence-corrected chi connectivity index (χ2v) is 4.53. The molecule has 0 amide bonds. The summed E-state index contributed by atoms with van der Waals surface area (Å²) in [5.41, 5.74) is 0.874. The Kier molecular flexibility index (Phi) is 3.38. The smallest absolute Gasteiger partial charge is 0.379 e. The number of halogens is 1. The molecule has 0 fully saturated rings. The third kappa shape index (κ3) is 2.23. The molecule has 0 atom stereocenters. The first-order valence-electron chi connectivity index (χ1n) is 5.88. The molecule has 2 rings (SSSR count). The predicted octanol–water partition coefficient (Wildman–Crippen LogP) is 2.72. The van der Waals surface area contributed by atoms with Crippen LogP contribution in [0.1, 0.15) is 30.2 Å². The number of fused-ring (bicyclic) bond motifs is 1. The van der Waals surface area contributed by atoms with Gasteiger partial charge in [-0.2, -0.15) is 0 Å². The lowest BCUT2D eigenvalue weighted by Gasteiger charge is -2.08. The zero-order valence-electron chi connectivity index (χ0n) is 10.9. The lowest BCUT2D eigenvalue weighted by Crippen LogP contribution is -2.15. The fraction of sp³-hybridized carbons (Fsp3) is 0.286. The standard InChI is InChI=1S/C14H14FNO3/c1-8(2)16-7-11(13(17)14(18)19-3)10-6-9(15)4-5-12(10)16/h4-8H,1-3H3. The number of ether oxygens (including phenoxy) is 1. The maximum atomic E-state index is 13.3. The number of aromatic nitrogens is 1. The van der Waals surface area contributed by atoms with E-state index in [9.17, 15) is 14.0 Å². The van der Waals surface area contributed by atoms with E-state index in [1.165, 1.54) is 12.1 Å². The summed E-state index contributed by atoms with van der Waals surface area (Å²) in [6.45, 7) is 3.88. The third-order valence-electron chi connectivity index (χ3n) is 2.97. The Balaban J connectivity index is 2.70. The summed E-state index contributed by atoms with van der Waals surface area (Å²) in [5, 5.41) is 0.420. The van der Waals surface area contributed by atoms with Crippen molar-refractivity contribution in [3.8, 4) is 0 Å². The Morgan fingerprint density at radius 2 is 2.00 bits per heavy atom. The summed E-state index contributed by atoms with van der Waals surface area (Å²) >= 11 is 0. The van der Waals surface area contributed by atoms with Crippen LogP contribution in [0.3, 0.4) is 0 Å². The van der Waals surface area contributed by atoms with E-state index < -0.39 is 17.6 Å². The van der Waals surface area contributed by atoms with Crippen LogP contribution < -0.4 is 0 Å². The maximum Gasteiger partial charge on any atom is 0.379 e. The molecule has 4 nitrogen and oxygen atoms in total. The molecule has 19 heavy (non-hydrogen) atoms. The molecule has 100 valence electrons. The summed E-state index contributed by atoms with van der Waals surface area (Å²) in [6.07, 6.45) is 1.56. The zero-order chi connectivity index (χ0) is 14.2. The van der Waals surface area contributed by atoms with Crippen molar-refractivity contribution in [3.05, 3.63) is 35.8 Å². The molecule has 1 aromatic carbocycles. The molecule has 0 aliphatic heterocycles. The van der Waals surface area contributed by atoms with Gasteiger partial charge in [-0.25, -0.2) is 9.18 Å². The molecule has 0 unspecified atom stereocenters. The van der Waals surface area contributed by atoms with E-state index in [-0.39, 0.29) is 11.6 Å². The van der Waals surface area contributed by atoms with Crippen LogP contribution >= 0.6 is 0 Å². The highest BCUT2D eigenvalue weighted by atomic mass is 19.1. The lowest BCUT2D eigenvalue weighted by molar-refractivity contribution is -0.135. The minimum absolute atomic E-state index is 0.0900. The average molecular weight is 263 g/mol. The first-order valence-corrected chi connectivity index (χ1v) is 5.88. The van der Waals surface area contributed by atoms with E-state index in [4.69, 9.17) is 0 Å². The van der Waals surface area contributed by atoms with Crippen LogP contribution in [0.25, 0.3) is 10.9 Å². The third-order valence-corrected chi connectivity index (χ3v) is 2.97. The average Bonchev–Trinajstić information content (AvgIpc) is 2.75. The van der Waals surface area contributed by atoms with Gasteiger partial charge in [0.25, 0.3) is 5.78 Å². The van der Waals surface area contributed by atoms with Crippen LogP contribution in [0, 0.1) is 5.82 Å². The van der Waals surface area contributed by atoms with Crippen LogP contribution in [-0.4, -0.2) is 23.4 Å². The van der Waals surface area contributed by atoms with Crippen LogP contribution in [-0.2, 0) is 9.53 Å². The summed E-state index contributed by atoms with van der Waals surface area (Å²) < 4.78 is 19.6. The van der Waals surface area contributed by atoms with Crippen LogP contribution in [0.15, 0.2) is 24.4 Å². The molecular formula is C14H14FNO3. The summed E-state index contributed by atoms with van der Waals surface area (Å²) in [7, 11) is 1.14. The number of carbonyl (C=O) groups excluding carboxylic acids is 2. The number of ketones is 1. The molecule has 0 aliphatic rings. The molecule has 5 heteroatoms. The number of rotatable bonds is 3. The summed E-state index contributed by atoms with van der Waals surface area (Å²) in [5.74, 6) is -2.17. The first kappa shape index (κ1) is 13.3. The van der Waals surface area contributed by atoms with Crippen LogP contribution in [0.4, 0.5) is 4.39 Å². The highest BCUT2D eigenvalue weighted by Gasteiger charge is 2.23. The van der Waals surface area contributed by atoms with Gasteiger partial charge in [0.1, 0.15) is 5.82 Å². The van der Waals surface area contributed by atoms with Crippen molar-refractivity contribution in [1.82, 2.24) is 4.57 Å². The molecule has 0 spiro atoms. The molecule has 1 aromatic heterocycles. The highest BCUT2D eigenvalue weighted by molar-refractivity contribution is 6.43. The number of carbonyl (C=O) groups is 2. The Labute approximate surface area is 109 Å². The fourth-order valence-electron chi connectivity index (χ4n) is 2.04. The normalized spacial score (nSPS) is 11.0. The number of Topliss-reactive ketones (excluding diaryl/α,β-unsaturated/α-hetero) is 1. The van der Waals surface area contributed by atoms with Gasteiger partial charge in [-0.3, -0.25) is 4.79 Å². The van der Waals surface area contributed by atoms with E-state index in [2.05, 4.69) is 4.74 Å². The quantitative estimate of drug-likeness (QED) is 0.486. The predicted molar refractivity (Wildman–Crippen MR) is 68.6 cm³/mol. The second kappa shape index (κ2) is 4.84. The van der Waals surface area contributed by atoms with Crippen molar-refractivity contribution >= 4 is 22.7 Å². The highest BCUT2D eigenvalue weighted by Crippen LogP contribution is 2.26. The van der Waals surface area contributed by atoms with Crippen molar-refractivity contribution in [2.45, 2.75) is 19.9 Å². The SMILES string of the molecule is COC(=O)C(=O)c1cn(C(C)C)c2ccc(F)cc12. The van der Waals surface area contributed by atoms with Crippen LogP contribution in [0.2, 0.25) is 0 Å². The van der Waals surface area contributed by atoms with Crippen molar-refractivity contribution in [3.63, 3.8) is 0 Å². The van der Waals surface area contributed by atoms with E-state index in [1.807, 2.05) is 18.4 Å². The molecule has 0 bridgehead atoms. The van der Waals surface area contributed by atoms with E-state index in [0.29, 0.717) is 10.9 Å². The van der Waals surface area contributed by atoms with Gasteiger partial charge in [0.05, 0.1) is 12.7 Å². The van der Waals surface area contributed by atoms with Gasteiger partial charge in [-0.1, -0.05) is 0 Å². The Bertz CT molecular complexity index is 658. The number of hydrogen-bond donors (Lipinski definition) is 0. The van der Waals surface area contributed by atoms with Crippen molar-refractivity contribution in [2.75, 3.05) is 7.11 Å². The molecule has 2 aromatic rings. The van der Waals surface area contributed by atoms with E-state index in [1.54, 1.807) is 12.3 Å². The monoisotopic (exact) mass is 263 g/mol. The largest absolute Gasteiger partial charge is 0.463 e. The zero-order valence-corrected chi connectivity index (χ0v) is 10.9. The van der Waals surface area contributed by atoms with Gasteiger partial charge in [-0.15, -0.1) is 0 Å².